The van der Waals surface area contributed by atoms with Gasteiger partial charge in [0.1, 0.15) is 0 Å². The van der Waals surface area contributed by atoms with Gasteiger partial charge in [-0.1, -0.05) is 39.0 Å². The minimum absolute atomic E-state index is 0.469. The maximum absolute atomic E-state index is 3.48. The fraction of sp³-hybridized carbons (Fsp3) is 0.647. The van der Waals surface area contributed by atoms with E-state index < -0.39 is 0 Å². The number of hydrogen-bond donors (Lipinski definition) is 1. The first-order valence-corrected chi connectivity index (χ1v) is 7.57. The lowest BCUT2D eigenvalue weighted by Gasteiger charge is -2.27. The number of para-hydroxylation sites is 1. The second-order valence-corrected chi connectivity index (χ2v) is 6.80. The summed E-state index contributed by atoms with van der Waals surface area (Å²) in [6, 6.07) is 10.5. The summed E-state index contributed by atoms with van der Waals surface area (Å²) in [7, 11) is 0. The lowest BCUT2D eigenvalue weighted by Crippen LogP contribution is -2.27. The Bertz CT molecular complexity index is 367. The first kappa shape index (κ1) is 14.4. The standard InChI is InChI=1S/C17H28N2/c1-17(2,3)15-10-13-19(14-15)12-7-11-18-16-8-5-4-6-9-16/h4-6,8-9,15,18H,7,10-14H2,1-3H3. The maximum Gasteiger partial charge on any atom is 0.0340 e. The zero-order valence-electron chi connectivity index (χ0n) is 12.7. The molecule has 106 valence electrons. The molecule has 0 amide bonds. The van der Waals surface area contributed by atoms with Crippen LogP contribution >= 0.6 is 0 Å². The highest BCUT2D eigenvalue weighted by molar-refractivity contribution is 5.42. The lowest BCUT2D eigenvalue weighted by atomic mass is 9.80. The van der Waals surface area contributed by atoms with E-state index in [1.54, 1.807) is 0 Å². The molecule has 0 aromatic heterocycles. The molecule has 0 spiro atoms. The summed E-state index contributed by atoms with van der Waals surface area (Å²) in [6.07, 6.45) is 2.60. The number of likely N-dealkylation sites (tertiary alicyclic amines) is 1. The lowest BCUT2D eigenvalue weighted by molar-refractivity contribution is 0.229. The zero-order valence-corrected chi connectivity index (χ0v) is 12.7. The summed E-state index contributed by atoms with van der Waals surface area (Å²) in [4.78, 5) is 2.63. The second kappa shape index (κ2) is 6.42. The van der Waals surface area contributed by atoms with Crippen molar-refractivity contribution in [3.05, 3.63) is 30.3 Å². The van der Waals surface area contributed by atoms with Gasteiger partial charge >= 0.3 is 0 Å². The molecule has 1 aliphatic rings. The Kier molecular flexibility index (Phi) is 4.87. The van der Waals surface area contributed by atoms with Crippen LogP contribution in [0, 0.1) is 11.3 Å². The summed E-state index contributed by atoms with van der Waals surface area (Å²) in [6.45, 7) is 12.0. The van der Waals surface area contributed by atoms with Crippen LogP contribution in [-0.4, -0.2) is 31.1 Å². The molecule has 1 unspecified atom stereocenters. The number of nitrogens with one attached hydrogen (secondary N) is 1. The van der Waals surface area contributed by atoms with Crippen molar-refractivity contribution in [2.75, 3.05) is 31.5 Å². The van der Waals surface area contributed by atoms with Crippen LogP contribution in [0.25, 0.3) is 0 Å². The molecule has 19 heavy (non-hydrogen) atoms. The number of hydrogen-bond acceptors (Lipinski definition) is 2. The van der Waals surface area contributed by atoms with Gasteiger partial charge in [-0.05, 0) is 49.4 Å². The molecule has 1 aromatic rings. The zero-order chi connectivity index (χ0) is 13.7. The van der Waals surface area contributed by atoms with Gasteiger partial charge in [0.25, 0.3) is 0 Å². The molecular weight excluding hydrogens is 232 g/mol. The van der Waals surface area contributed by atoms with Crippen molar-refractivity contribution < 1.29 is 0 Å². The quantitative estimate of drug-likeness (QED) is 0.809. The van der Waals surface area contributed by atoms with Crippen molar-refractivity contribution in [1.29, 1.82) is 0 Å². The van der Waals surface area contributed by atoms with Crippen LogP contribution in [0.1, 0.15) is 33.6 Å². The number of benzene rings is 1. The van der Waals surface area contributed by atoms with Crippen LogP contribution in [0.3, 0.4) is 0 Å². The summed E-state index contributed by atoms with van der Waals surface area (Å²) < 4.78 is 0. The predicted molar refractivity (Wildman–Crippen MR) is 83.6 cm³/mol. The summed E-state index contributed by atoms with van der Waals surface area (Å²) in [5.41, 5.74) is 1.70. The van der Waals surface area contributed by atoms with Gasteiger partial charge in [-0.25, -0.2) is 0 Å². The van der Waals surface area contributed by atoms with E-state index >= 15 is 0 Å². The molecule has 2 rings (SSSR count). The minimum Gasteiger partial charge on any atom is -0.385 e. The highest BCUT2D eigenvalue weighted by Crippen LogP contribution is 2.33. The van der Waals surface area contributed by atoms with E-state index in [1.807, 2.05) is 0 Å². The Morgan fingerprint density at radius 3 is 2.58 bits per heavy atom. The van der Waals surface area contributed by atoms with Crippen LogP contribution in [-0.2, 0) is 0 Å². The average molecular weight is 260 g/mol. The van der Waals surface area contributed by atoms with Gasteiger partial charge in [0, 0.05) is 18.8 Å². The molecule has 1 atom stereocenters. The maximum atomic E-state index is 3.48. The van der Waals surface area contributed by atoms with Crippen LogP contribution in [0.4, 0.5) is 5.69 Å². The van der Waals surface area contributed by atoms with Gasteiger partial charge in [0.15, 0.2) is 0 Å². The third-order valence-electron chi connectivity index (χ3n) is 4.25. The van der Waals surface area contributed by atoms with Crippen molar-refractivity contribution in [1.82, 2.24) is 4.90 Å². The Hall–Kier alpha value is -1.02. The van der Waals surface area contributed by atoms with E-state index in [2.05, 4.69) is 61.3 Å². The summed E-state index contributed by atoms with van der Waals surface area (Å²) >= 11 is 0. The largest absolute Gasteiger partial charge is 0.385 e. The van der Waals surface area contributed by atoms with E-state index in [1.165, 1.54) is 38.2 Å². The van der Waals surface area contributed by atoms with Gasteiger partial charge in [0.2, 0.25) is 0 Å². The normalized spacial score (nSPS) is 20.7. The molecule has 1 N–H and O–H groups in total. The third-order valence-corrected chi connectivity index (χ3v) is 4.25. The molecule has 1 aromatic carbocycles. The van der Waals surface area contributed by atoms with E-state index in [4.69, 9.17) is 0 Å². The predicted octanol–water partition coefficient (Wildman–Crippen LogP) is 3.86. The molecule has 0 bridgehead atoms. The molecule has 0 saturated carbocycles. The molecule has 0 aliphatic carbocycles. The van der Waals surface area contributed by atoms with Crippen molar-refractivity contribution >= 4 is 5.69 Å². The third kappa shape index (κ3) is 4.54. The Balaban J connectivity index is 1.62. The Labute approximate surface area is 118 Å². The minimum atomic E-state index is 0.469. The highest BCUT2D eigenvalue weighted by Gasteiger charge is 2.31. The first-order valence-electron chi connectivity index (χ1n) is 7.57. The average Bonchev–Trinajstić information content (AvgIpc) is 2.85. The fourth-order valence-electron chi connectivity index (χ4n) is 2.83. The van der Waals surface area contributed by atoms with Gasteiger partial charge in [-0.3, -0.25) is 0 Å². The Morgan fingerprint density at radius 1 is 1.21 bits per heavy atom. The summed E-state index contributed by atoms with van der Waals surface area (Å²) in [5, 5.41) is 3.48. The van der Waals surface area contributed by atoms with Gasteiger partial charge in [-0.15, -0.1) is 0 Å². The van der Waals surface area contributed by atoms with Gasteiger partial charge < -0.3 is 10.2 Å². The van der Waals surface area contributed by atoms with E-state index in [-0.39, 0.29) is 0 Å². The smallest absolute Gasteiger partial charge is 0.0340 e. The van der Waals surface area contributed by atoms with Crippen molar-refractivity contribution in [3.63, 3.8) is 0 Å². The molecule has 1 saturated heterocycles. The highest BCUT2D eigenvalue weighted by atomic mass is 15.1. The SMILES string of the molecule is CC(C)(C)C1CCN(CCCNc2ccccc2)C1. The van der Waals surface area contributed by atoms with Crippen LogP contribution < -0.4 is 5.32 Å². The van der Waals surface area contributed by atoms with Crippen molar-refractivity contribution in [2.24, 2.45) is 11.3 Å². The topological polar surface area (TPSA) is 15.3 Å². The van der Waals surface area contributed by atoms with Crippen molar-refractivity contribution in [2.45, 2.75) is 33.6 Å². The molecule has 1 heterocycles. The van der Waals surface area contributed by atoms with Gasteiger partial charge in [-0.2, -0.15) is 0 Å². The number of anilines is 1. The fourth-order valence-corrected chi connectivity index (χ4v) is 2.83. The molecular formula is C17H28N2. The van der Waals surface area contributed by atoms with Crippen LogP contribution in [0.5, 0.6) is 0 Å². The first-order chi connectivity index (χ1) is 9.05. The molecule has 2 heteroatoms. The molecule has 0 radical (unpaired) electrons. The van der Waals surface area contributed by atoms with E-state index in [0.29, 0.717) is 5.41 Å². The van der Waals surface area contributed by atoms with E-state index in [0.717, 1.165) is 12.5 Å². The van der Waals surface area contributed by atoms with Crippen LogP contribution in [0.2, 0.25) is 0 Å². The molecule has 1 aliphatic heterocycles. The molecule has 2 nitrogen and oxygen atoms in total. The van der Waals surface area contributed by atoms with Gasteiger partial charge in [0.05, 0.1) is 0 Å². The monoisotopic (exact) mass is 260 g/mol. The second-order valence-electron chi connectivity index (χ2n) is 6.80. The Morgan fingerprint density at radius 2 is 1.95 bits per heavy atom. The number of rotatable bonds is 5. The molecule has 1 fully saturated rings. The number of nitrogens with zero attached hydrogens (tertiary/aromatic N) is 1. The van der Waals surface area contributed by atoms with Crippen molar-refractivity contribution in [3.8, 4) is 0 Å². The van der Waals surface area contributed by atoms with Crippen LogP contribution in [0.15, 0.2) is 30.3 Å². The summed E-state index contributed by atoms with van der Waals surface area (Å²) in [5.74, 6) is 0.870. The van der Waals surface area contributed by atoms with E-state index in [9.17, 15) is 0 Å².